The highest BCUT2D eigenvalue weighted by atomic mass is 16.3. The highest BCUT2D eigenvalue weighted by Crippen LogP contribution is 2.31. The molecule has 24 heavy (non-hydrogen) atoms. The van der Waals surface area contributed by atoms with Crippen LogP contribution in [0.15, 0.2) is 67.0 Å². The van der Waals surface area contributed by atoms with Gasteiger partial charge in [-0.3, -0.25) is 4.98 Å². The molecule has 0 amide bonds. The summed E-state index contributed by atoms with van der Waals surface area (Å²) in [4.78, 5) is 13.1. The Morgan fingerprint density at radius 2 is 1.33 bits per heavy atom. The second-order valence-electron chi connectivity index (χ2n) is 5.36. The Balaban J connectivity index is 1.87. The van der Waals surface area contributed by atoms with Gasteiger partial charge in [-0.15, -0.1) is 0 Å². The maximum Gasteiger partial charge on any atom is 0.163 e. The summed E-state index contributed by atoms with van der Waals surface area (Å²) >= 11 is 0. The van der Waals surface area contributed by atoms with Crippen molar-refractivity contribution in [2.24, 2.45) is 0 Å². The van der Waals surface area contributed by atoms with Gasteiger partial charge in [0.2, 0.25) is 0 Å². The number of benzene rings is 2. The number of hydrogen-bond acceptors (Lipinski definition) is 5. The summed E-state index contributed by atoms with van der Waals surface area (Å²) in [5, 5.41) is 20.0. The summed E-state index contributed by atoms with van der Waals surface area (Å²) in [5.41, 5.74) is 3.31. The van der Waals surface area contributed by atoms with Crippen molar-refractivity contribution < 1.29 is 10.2 Å². The molecule has 2 aromatic carbocycles. The minimum absolute atomic E-state index is 0.127. The quantitative estimate of drug-likeness (QED) is 0.588. The summed E-state index contributed by atoms with van der Waals surface area (Å²) < 4.78 is 0. The number of phenolic OH excluding ortho intramolecular Hbond substituents is 2. The molecule has 0 spiro atoms. The molecule has 5 heteroatoms. The first-order chi connectivity index (χ1) is 11.7. The lowest BCUT2D eigenvalue weighted by atomic mass is 10.1. The van der Waals surface area contributed by atoms with Gasteiger partial charge in [0.25, 0.3) is 0 Å². The Hall–Kier alpha value is -3.47. The Labute approximate surface area is 137 Å². The van der Waals surface area contributed by atoms with Crippen molar-refractivity contribution >= 4 is 11.0 Å². The Bertz CT molecular complexity index is 967. The van der Waals surface area contributed by atoms with E-state index in [1.807, 2.05) is 24.3 Å². The number of hydrogen-bond donors (Lipinski definition) is 2. The van der Waals surface area contributed by atoms with E-state index >= 15 is 0 Å². The molecule has 4 aromatic rings. The van der Waals surface area contributed by atoms with Gasteiger partial charge in [0.15, 0.2) is 5.82 Å². The predicted octanol–water partition coefficient (Wildman–Crippen LogP) is 3.77. The molecule has 0 aliphatic rings. The number of phenols is 2. The third kappa shape index (κ3) is 2.42. The van der Waals surface area contributed by atoms with Crippen LogP contribution < -0.4 is 0 Å². The van der Waals surface area contributed by atoms with Crippen LogP contribution >= 0.6 is 0 Å². The van der Waals surface area contributed by atoms with Gasteiger partial charge in [-0.25, -0.2) is 9.97 Å². The minimum atomic E-state index is 0.127. The molecule has 0 fully saturated rings. The first-order valence-corrected chi connectivity index (χ1v) is 7.42. The molecule has 0 radical (unpaired) electrons. The maximum absolute atomic E-state index is 10.0. The van der Waals surface area contributed by atoms with Gasteiger partial charge in [0.05, 0.1) is 17.3 Å². The summed E-state index contributed by atoms with van der Waals surface area (Å²) in [6.45, 7) is 0. The lowest BCUT2D eigenvalue weighted by molar-refractivity contribution is 0.476. The number of nitrogens with zero attached hydrogens (tertiary/aromatic N) is 3. The molecule has 0 unspecified atom stereocenters. The molecular weight excluding hydrogens is 302 g/mol. The second kappa shape index (κ2) is 5.62. The van der Waals surface area contributed by atoms with Crippen molar-refractivity contribution in [3.05, 3.63) is 67.0 Å². The van der Waals surface area contributed by atoms with Gasteiger partial charge < -0.3 is 10.2 Å². The van der Waals surface area contributed by atoms with E-state index in [1.165, 1.54) is 0 Å². The van der Waals surface area contributed by atoms with Crippen LogP contribution in [-0.4, -0.2) is 25.2 Å². The van der Waals surface area contributed by atoms with Crippen LogP contribution in [0, 0.1) is 0 Å². The van der Waals surface area contributed by atoms with Crippen molar-refractivity contribution in [3.63, 3.8) is 0 Å². The first kappa shape index (κ1) is 14.1. The Kier molecular flexibility index (Phi) is 3.31. The standard InChI is InChI=1S/C19H13N3O2/c23-17-7-3-1-5-13(17)12-9-15-16(20-10-12)11-21-19(22-15)14-6-2-4-8-18(14)24/h1-11,23-24H. The molecule has 0 aliphatic heterocycles. The number of pyridine rings is 1. The summed E-state index contributed by atoms with van der Waals surface area (Å²) in [5.74, 6) is 0.743. The van der Waals surface area contributed by atoms with Crippen LogP contribution in [0.4, 0.5) is 0 Å². The zero-order valence-corrected chi connectivity index (χ0v) is 12.6. The van der Waals surface area contributed by atoms with Gasteiger partial charge in [0.1, 0.15) is 17.0 Å². The van der Waals surface area contributed by atoms with Crippen molar-refractivity contribution in [2.45, 2.75) is 0 Å². The monoisotopic (exact) mass is 315 g/mol. The fourth-order valence-electron chi connectivity index (χ4n) is 2.58. The average molecular weight is 315 g/mol. The molecular formula is C19H13N3O2. The first-order valence-electron chi connectivity index (χ1n) is 7.42. The van der Waals surface area contributed by atoms with E-state index in [0.29, 0.717) is 28.0 Å². The fraction of sp³-hybridized carbons (Fsp3) is 0. The fourth-order valence-corrected chi connectivity index (χ4v) is 2.58. The van der Waals surface area contributed by atoms with Crippen molar-refractivity contribution in [3.8, 4) is 34.0 Å². The van der Waals surface area contributed by atoms with Gasteiger partial charge in [-0.2, -0.15) is 0 Å². The number of aromatic hydroxyl groups is 2. The molecule has 5 nitrogen and oxygen atoms in total. The second-order valence-corrected chi connectivity index (χ2v) is 5.36. The average Bonchev–Trinajstić information content (AvgIpc) is 2.62. The van der Waals surface area contributed by atoms with E-state index in [1.54, 1.807) is 42.7 Å². The van der Waals surface area contributed by atoms with Crippen LogP contribution in [-0.2, 0) is 0 Å². The minimum Gasteiger partial charge on any atom is -0.507 e. The zero-order valence-electron chi connectivity index (χ0n) is 12.6. The van der Waals surface area contributed by atoms with Crippen molar-refractivity contribution in [2.75, 3.05) is 0 Å². The summed E-state index contributed by atoms with van der Waals surface area (Å²) in [6.07, 6.45) is 3.30. The number of fused-ring (bicyclic) bond motifs is 1. The molecule has 0 bridgehead atoms. The van der Waals surface area contributed by atoms with Crippen LogP contribution in [0.3, 0.4) is 0 Å². The van der Waals surface area contributed by atoms with E-state index in [0.717, 1.165) is 5.56 Å². The Morgan fingerprint density at radius 1 is 0.667 bits per heavy atom. The summed E-state index contributed by atoms with van der Waals surface area (Å²) in [7, 11) is 0. The highest BCUT2D eigenvalue weighted by Gasteiger charge is 2.10. The molecule has 4 rings (SSSR count). The molecule has 0 saturated heterocycles. The van der Waals surface area contributed by atoms with E-state index in [4.69, 9.17) is 0 Å². The van der Waals surface area contributed by atoms with E-state index in [-0.39, 0.29) is 11.5 Å². The lowest BCUT2D eigenvalue weighted by Crippen LogP contribution is -1.93. The third-order valence-corrected chi connectivity index (χ3v) is 3.79. The van der Waals surface area contributed by atoms with Crippen LogP contribution in [0.25, 0.3) is 33.5 Å². The number of rotatable bonds is 2. The van der Waals surface area contributed by atoms with Crippen LogP contribution in [0.2, 0.25) is 0 Å². The van der Waals surface area contributed by atoms with Crippen molar-refractivity contribution in [1.82, 2.24) is 15.0 Å². The normalized spacial score (nSPS) is 10.8. The predicted molar refractivity (Wildman–Crippen MR) is 91.5 cm³/mol. The van der Waals surface area contributed by atoms with Crippen molar-refractivity contribution in [1.29, 1.82) is 0 Å². The van der Waals surface area contributed by atoms with E-state index in [2.05, 4.69) is 15.0 Å². The van der Waals surface area contributed by atoms with Gasteiger partial charge in [-0.1, -0.05) is 30.3 Å². The van der Waals surface area contributed by atoms with E-state index in [9.17, 15) is 10.2 Å². The Morgan fingerprint density at radius 3 is 2.04 bits per heavy atom. The molecule has 2 N–H and O–H groups in total. The molecule has 0 aliphatic carbocycles. The summed E-state index contributed by atoms with van der Waals surface area (Å²) in [6, 6.07) is 15.9. The smallest absolute Gasteiger partial charge is 0.163 e. The van der Waals surface area contributed by atoms with Gasteiger partial charge in [0, 0.05) is 17.3 Å². The van der Waals surface area contributed by atoms with Gasteiger partial charge >= 0.3 is 0 Å². The maximum atomic E-state index is 10.0. The highest BCUT2D eigenvalue weighted by molar-refractivity contribution is 5.82. The third-order valence-electron chi connectivity index (χ3n) is 3.79. The molecule has 0 saturated carbocycles. The molecule has 0 atom stereocenters. The van der Waals surface area contributed by atoms with E-state index < -0.39 is 0 Å². The largest absolute Gasteiger partial charge is 0.507 e. The topological polar surface area (TPSA) is 79.1 Å². The SMILES string of the molecule is Oc1ccccc1-c1cnc2cnc(-c3ccccc3O)nc2c1. The number of para-hydroxylation sites is 2. The van der Waals surface area contributed by atoms with Crippen LogP contribution in [0.5, 0.6) is 11.5 Å². The number of aromatic nitrogens is 3. The van der Waals surface area contributed by atoms with Gasteiger partial charge in [-0.05, 0) is 24.3 Å². The van der Waals surface area contributed by atoms with Crippen LogP contribution in [0.1, 0.15) is 0 Å². The molecule has 2 heterocycles. The lowest BCUT2D eigenvalue weighted by Gasteiger charge is -2.07. The zero-order chi connectivity index (χ0) is 16.5. The molecule has 2 aromatic heterocycles. The molecule has 116 valence electrons.